The summed E-state index contributed by atoms with van der Waals surface area (Å²) in [5.74, 6) is 0.989. The number of nitrogens with zero attached hydrogens (tertiary/aromatic N) is 3. The number of aryl methyl sites for hydroxylation is 1. The van der Waals surface area contributed by atoms with E-state index in [1.807, 2.05) is 6.92 Å². The van der Waals surface area contributed by atoms with Crippen LogP contribution in [0.4, 0.5) is 0 Å². The smallest absolute Gasteiger partial charge is 0.332 e. The largest absolute Gasteiger partial charge is 0.336 e. The minimum absolute atomic E-state index is 0.238. The van der Waals surface area contributed by atoms with E-state index >= 15 is 0 Å². The van der Waals surface area contributed by atoms with E-state index in [0.717, 1.165) is 16.8 Å². The van der Waals surface area contributed by atoms with E-state index in [1.54, 1.807) is 7.05 Å². The number of imidazole rings is 1. The van der Waals surface area contributed by atoms with Crippen LogP contribution in [0.1, 0.15) is 32.0 Å². The molecule has 2 aromatic heterocycles. The number of hydrogen-bond acceptors (Lipinski definition) is 3. The zero-order chi connectivity index (χ0) is 12.7. The van der Waals surface area contributed by atoms with E-state index in [4.69, 9.17) is 0 Å². The molecule has 0 aliphatic rings. The minimum atomic E-state index is -0.357. The molecule has 0 saturated carbocycles. The summed E-state index contributed by atoms with van der Waals surface area (Å²) in [7, 11) is 3.08. The Labute approximate surface area is 97.9 Å². The van der Waals surface area contributed by atoms with Gasteiger partial charge in [0.1, 0.15) is 11.3 Å². The molecule has 1 atom stereocenters. The highest BCUT2D eigenvalue weighted by molar-refractivity contribution is 5.69. The van der Waals surface area contributed by atoms with Crippen LogP contribution >= 0.6 is 0 Å². The molecule has 0 amide bonds. The maximum atomic E-state index is 11.9. The van der Waals surface area contributed by atoms with Gasteiger partial charge in [0, 0.05) is 20.0 Å². The first-order valence-corrected chi connectivity index (χ1v) is 5.63. The van der Waals surface area contributed by atoms with Crippen molar-refractivity contribution in [3.8, 4) is 0 Å². The van der Waals surface area contributed by atoms with Gasteiger partial charge in [-0.2, -0.15) is 0 Å². The van der Waals surface area contributed by atoms with Crippen molar-refractivity contribution in [2.24, 2.45) is 14.1 Å². The average Bonchev–Trinajstić information content (AvgIpc) is 2.77. The fourth-order valence-corrected chi connectivity index (χ4v) is 1.77. The minimum Gasteiger partial charge on any atom is -0.336 e. The third kappa shape index (κ3) is 1.60. The van der Waals surface area contributed by atoms with Crippen LogP contribution in [-0.2, 0) is 14.1 Å². The number of aromatic amines is 1. The lowest BCUT2D eigenvalue weighted by Crippen LogP contribution is -2.36. The van der Waals surface area contributed by atoms with Gasteiger partial charge in [-0.05, 0) is 6.42 Å². The van der Waals surface area contributed by atoms with Crippen molar-refractivity contribution < 1.29 is 0 Å². The number of hydrogen-bond donors (Lipinski definition) is 1. The Morgan fingerprint density at radius 1 is 1.29 bits per heavy atom. The van der Waals surface area contributed by atoms with Crippen molar-refractivity contribution >= 4 is 11.2 Å². The van der Waals surface area contributed by atoms with Gasteiger partial charge < -0.3 is 4.98 Å². The summed E-state index contributed by atoms with van der Waals surface area (Å²) in [5, 5.41) is 0. The lowest BCUT2D eigenvalue weighted by atomic mass is 10.1. The van der Waals surface area contributed by atoms with Crippen LogP contribution in [0, 0.1) is 0 Å². The first-order valence-electron chi connectivity index (χ1n) is 5.63. The van der Waals surface area contributed by atoms with Crippen molar-refractivity contribution in [2.75, 3.05) is 0 Å². The molecule has 0 unspecified atom stereocenters. The summed E-state index contributed by atoms with van der Waals surface area (Å²) in [4.78, 5) is 31.0. The maximum absolute atomic E-state index is 11.9. The van der Waals surface area contributed by atoms with Gasteiger partial charge in [-0.25, -0.2) is 9.78 Å². The molecule has 0 saturated heterocycles. The first kappa shape index (κ1) is 11.6. The summed E-state index contributed by atoms with van der Waals surface area (Å²) in [6.45, 7) is 4.08. The molecule has 0 aliphatic carbocycles. The maximum Gasteiger partial charge on any atom is 0.332 e. The molecular formula is C11H16N4O2. The predicted octanol–water partition coefficient (Wildman–Crippen LogP) is 0.474. The third-order valence-electron chi connectivity index (χ3n) is 3.19. The average molecular weight is 236 g/mol. The number of nitrogens with one attached hydrogen (secondary N) is 1. The van der Waals surface area contributed by atoms with Gasteiger partial charge in [0.15, 0.2) is 5.65 Å². The molecule has 0 aliphatic heterocycles. The fourth-order valence-electron chi connectivity index (χ4n) is 1.77. The summed E-state index contributed by atoms with van der Waals surface area (Å²) in [6.07, 6.45) is 0.925. The summed E-state index contributed by atoms with van der Waals surface area (Å²) in [5.41, 5.74) is 0.133. The van der Waals surface area contributed by atoms with Gasteiger partial charge >= 0.3 is 5.69 Å². The topological polar surface area (TPSA) is 72.7 Å². The molecule has 0 spiro atoms. The van der Waals surface area contributed by atoms with Crippen LogP contribution in [0.5, 0.6) is 0 Å². The highest BCUT2D eigenvalue weighted by Crippen LogP contribution is 2.16. The Kier molecular flexibility index (Phi) is 2.65. The van der Waals surface area contributed by atoms with E-state index in [2.05, 4.69) is 16.9 Å². The van der Waals surface area contributed by atoms with Crippen LogP contribution in [-0.4, -0.2) is 19.1 Å². The van der Waals surface area contributed by atoms with Crippen molar-refractivity contribution in [2.45, 2.75) is 26.2 Å². The van der Waals surface area contributed by atoms with Crippen LogP contribution < -0.4 is 11.2 Å². The van der Waals surface area contributed by atoms with Crippen LogP contribution in [0.3, 0.4) is 0 Å². The highest BCUT2D eigenvalue weighted by Gasteiger charge is 2.15. The molecule has 2 aromatic rings. The monoisotopic (exact) mass is 236 g/mol. The number of fused-ring (bicyclic) bond motifs is 1. The molecule has 17 heavy (non-hydrogen) atoms. The van der Waals surface area contributed by atoms with E-state index in [9.17, 15) is 9.59 Å². The van der Waals surface area contributed by atoms with Gasteiger partial charge in [-0.15, -0.1) is 0 Å². The zero-order valence-electron chi connectivity index (χ0n) is 10.4. The zero-order valence-corrected chi connectivity index (χ0v) is 10.4. The van der Waals surface area contributed by atoms with E-state index in [-0.39, 0.29) is 17.2 Å². The Morgan fingerprint density at radius 3 is 2.53 bits per heavy atom. The predicted molar refractivity (Wildman–Crippen MR) is 65.3 cm³/mol. The van der Waals surface area contributed by atoms with Crippen molar-refractivity contribution in [1.29, 1.82) is 0 Å². The standard InChI is InChI=1S/C11H16N4O2/c1-5-6(2)8-12-7-9(13-8)14(3)11(17)15(4)10(7)16/h6H,5H2,1-4H3,(H,12,13)/t6-/m0/s1. The molecule has 0 aromatic carbocycles. The van der Waals surface area contributed by atoms with Crippen LogP contribution in [0.15, 0.2) is 9.59 Å². The molecule has 1 N–H and O–H groups in total. The number of rotatable bonds is 2. The molecule has 2 rings (SSSR count). The van der Waals surface area contributed by atoms with Crippen LogP contribution in [0.25, 0.3) is 11.2 Å². The third-order valence-corrected chi connectivity index (χ3v) is 3.19. The SMILES string of the molecule is CC[C@H](C)c1nc2c([nH]1)c(=O)n(C)c(=O)n2C. The van der Waals surface area contributed by atoms with Crippen LogP contribution in [0.2, 0.25) is 0 Å². The molecule has 0 radical (unpaired) electrons. The Bertz CT molecular complexity index is 677. The number of H-pyrrole nitrogens is 1. The molecule has 6 nitrogen and oxygen atoms in total. The Morgan fingerprint density at radius 2 is 1.94 bits per heavy atom. The summed E-state index contributed by atoms with van der Waals surface area (Å²) < 4.78 is 2.47. The molecule has 6 heteroatoms. The molecular weight excluding hydrogens is 220 g/mol. The highest BCUT2D eigenvalue weighted by atomic mass is 16.2. The first-order chi connectivity index (χ1) is 7.97. The summed E-state index contributed by atoms with van der Waals surface area (Å²) in [6, 6.07) is 0. The van der Waals surface area contributed by atoms with Gasteiger partial charge in [-0.1, -0.05) is 13.8 Å². The Hall–Kier alpha value is -1.85. The normalized spacial score (nSPS) is 13.2. The molecule has 0 bridgehead atoms. The summed E-state index contributed by atoms with van der Waals surface area (Å²) >= 11 is 0. The van der Waals surface area contributed by atoms with Crippen molar-refractivity contribution in [3.63, 3.8) is 0 Å². The molecule has 92 valence electrons. The number of aromatic nitrogens is 4. The second-order valence-electron chi connectivity index (χ2n) is 4.34. The van der Waals surface area contributed by atoms with Gasteiger partial charge in [0.25, 0.3) is 5.56 Å². The van der Waals surface area contributed by atoms with Gasteiger partial charge in [0.2, 0.25) is 0 Å². The van der Waals surface area contributed by atoms with E-state index in [1.165, 1.54) is 11.6 Å². The lowest BCUT2D eigenvalue weighted by Gasteiger charge is -2.01. The second kappa shape index (κ2) is 3.87. The fraction of sp³-hybridized carbons (Fsp3) is 0.545. The lowest BCUT2D eigenvalue weighted by molar-refractivity contribution is 0.688. The quantitative estimate of drug-likeness (QED) is 0.824. The second-order valence-corrected chi connectivity index (χ2v) is 4.34. The Balaban J connectivity index is 2.86. The van der Waals surface area contributed by atoms with E-state index in [0.29, 0.717) is 11.2 Å². The van der Waals surface area contributed by atoms with E-state index < -0.39 is 0 Å². The van der Waals surface area contributed by atoms with Crippen molar-refractivity contribution in [3.05, 3.63) is 26.7 Å². The van der Waals surface area contributed by atoms with Gasteiger partial charge in [-0.3, -0.25) is 13.9 Å². The van der Waals surface area contributed by atoms with Crippen molar-refractivity contribution in [1.82, 2.24) is 19.1 Å². The molecule has 0 fully saturated rings. The molecule has 2 heterocycles. The van der Waals surface area contributed by atoms with Gasteiger partial charge in [0.05, 0.1) is 0 Å².